The molecule has 2 amide bonds. The molecule has 0 spiro atoms. The van der Waals surface area contributed by atoms with Crippen molar-refractivity contribution in [3.8, 4) is 16.9 Å². The minimum absolute atomic E-state index is 0.0408. The second-order valence-electron chi connectivity index (χ2n) is 13.0. The number of primary amides is 1. The highest BCUT2D eigenvalue weighted by Crippen LogP contribution is 2.51. The van der Waals surface area contributed by atoms with Crippen LogP contribution in [0.15, 0.2) is 36.4 Å². The van der Waals surface area contributed by atoms with Gasteiger partial charge >= 0.3 is 0 Å². The molecule has 4 aliphatic rings. The summed E-state index contributed by atoms with van der Waals surface area (Å²) in [6.45, 7) is 2.75. The fourth-order valence-electron chi connectivity index (χ4n) is 7.89. The minimum Gasteiger partial charge on any atom is -0.507 e. The second kappa shape index (κ2) is 11.0. The van der Waals surface area contributed by atoms with E-state index in [1.165, 1.54) is 11.0 Å². The fourth-order valence-corrected chi connectivity index (χ4v) is 7.89. The lowest BCUT2D eigenvalue weighted by atomic mass is 9.52. The molecule has 2 aromatic rings. The zero-order valence-corrected chi connectivity index (χ0v) is 25.4. The van der Waals surface area contributed by atoms with Gasteiger partial charge in [-0.1, -0.05) is 18.2 Å². The van der Waals surface area contributed by atoms with Crippen molar-refractivity contribution in [2.24, 2.45) is 29.4 Å². The Kier molecular flexibility index (Phi) is 7.50. The van der Waals surface area contributed by atoms with E-state index in [1.54, 1.807) is 49.3 Å². The zero-order chi connectivity index (χ0) is 32.5. The Bertz CT molecular complexity index is 1660. The van der Waals surface area contributed by atoms with E-state index in [-0.39, 0.29) is 30.1 Å². The lowest BCUT2D eigenvalue weighted by molar-refractivity contribution is -0.181. The summed E-state index contributed by atoms with van der Waals surface area (Å²) in [7, 11) is 5.09. The predicted molar refractivity (Wildman–Crippen MR) is 160 cm³/mol. The van der Waals surface area contributed by atoms with Gasteiger partial charge < -0.3 is 25.7 Å². The Morgan fingerprint density at radius 1 is 1.00 bits per heavy atom. The third-order valence-corrected chi connectivity index (χ3v) is 10.2. The van der Waals surface area contributed by atoms with Gasteiger partial charge in [0.25, 0.3) is 5.91 Å². The van der Waals surface area contributed by atoms with E-state index >= 15 is 0 Å². The minimum atomic E-state index is -2.78. The number of hydrogen-bond donors (Lipinski definition) is 3. The number of phenols is 1. The fraction of sp³-hybridized carbons (Fsp3) is 0.455. The van der Waals surface area contributed by atoms with Gasteiger partial charge in [-0.25, -0.2) is 0 Å². The molecule has 6 rings (SSSR count). The third-order valence-electron chi connectivity index (χ3n) is 10.2. The molecule has 3 fully saturated rings. The number of nitrogens with zero attached hydrogens (tertiary/aromatic N) is 3. The van der Waals surface area contributed by atoms with Gasteiger partial charge in [-0.05, 0) is 74.8 Å². The Hall–Kier alpha value is -4.26. The monoisotopic (exact) mass is 616 g/mol. The number of Topliss-reactive ketones (excluding diaryl/α,β-unsaturated/α-hetero) is 4. The molecule has 2 unspecified atom stereocenters. The van der Waals surface area contributed by atoms with Crippen molar-refractivity contribution in [1.82, 2.24) is 14.7 Å². The molecule has 0 bridgehead atoms. The van der Waals surface area contributed by atoms with E-state index in [2.05, 4.69) is 4.90 Å². The lowest BCUT2D eigenvalue weighted by Gasteiger charge is -2.52. The first-order valence-electron chi connectivity index (χ1n) is 15.0. The molecule has 6 atom stereocenters. The van der Waals surface area contributed by atoms with Crippen LogP contribution in [0.3, 0.4) is 0 Å². The van der Waals surface area contributed by atoms with Crippen molar-refractivity contribution < 1.29 is 39.0 Å². The van der Waals surface area contributed by atoms with Gasteiger partial charge in [0.1, 0.15) is 5.75 Å². The molecule has 12 nitrogen and oxygen atoms in total. The average Bonchev–Trinajstić information content (AvgIpc) is 2.99. The number of carbonyl (C=O) groups excluding carboxylic acids is 6. The van der Waals surface area contributed by atoms with Crippen LogP contribution >= 0.6 is 0 Å². The van der Waals surface area contributed by atoms with E-state index in [0.717, 1.165) is 13.1 Å². The number of phenolic OH excluding ortho intramolecular Hbond substituents is 1. The van der Waals surface area contributed by atoms with E-state index < -0.39 is 64.4 Å². The topological polar surface area (TPSA) is 179 Å². The number of amides is 2. The Morgan fingerprint density at radius 3 is 2.33 bits per heavy atom. The molecule has 2 aromatic carbocycles. The summed E-state index contributed by atoms with van der Waals surface area (Å²) in [4.78, 5) is 85.8. The number of carbonyl (C=O) groups is 6. The number of aromatic hydroxyl groups is 1. The van der Waals surface area contributed by atoms with E-state index in [9.17, 15) is 39.0 Å². The van der Waals surface area contributed by atoms with Crippen LogP contribution in [0.5, 0.6) is 5.75 Å². The number of hydrogen-bond acceptors (Lipinski definition) is 10. The molecule has 4 N–H and O–H groups in total. The SMILES string of the molecule is CN1CCN(C(=O)c2cccc(-c3ccc(O)c4c3C[C@H]3C[C@H]5[C@H](N(C)C)C(=O)C(C(N)=O)C(=O)[C@@]5(O)C(=O)C3C4=O)c2)CC1. The highest BCUT2D eigenvalue weighted by atomic mass is 16.3. The maximum atomic E-state index is 14.1. The summed E-state index contributed by atoms with van der Waals surface area (Å²) in [5.74, 6) is -11.1. The molecular formula is C33H36N4O8. The second-order valence-corrected chi connectivity index (χ2v) is 13.0. The highest BCUT2D eigenvalue weighted by molar-refractivity contribution is 6.32. The summed E-state index contributed by atoms with van der Waals surface area (Å²) >= 11 is 0. The maximum Gasteiger partial charge on any atom is 0.253 e. The Labute approximate surface area is 259 Å². The van der Waals surface area contributed by atoms with E-state index in [4.69, 9.17) is 5.73 Å². The predicted octanol–water partition coefficient (Wildman–Crippen LogP) is -0.0784. The molecule has 1 saturated heterocycles. The van der Waals surface area contributed by atoms with Gasteiger partial charge in [0.15, 0.2) is 34.7 Å². The summed E-state index contributed by atoms with van der Waals surface area (Å²) < 4.78 is 0. The Morgan fingerprint density at radius 2 is 1.69 bits per heavy atom. The zero-order valence-electron chi connectivity index (χ0n) is 25.4. The number of nitrogens with two attached hydrogens (primary N) is 1. The smallest absolute Gasteiger partial charge is 0.253 e. The maximum absolute atomic E-state index is 14.1. The molecule has 1 aliphatic heterocycles. The molecule has 0 radical (unpaired) electrons. The quantitative estimate of drug-likeness (QED) is 0.394. The molecular weight excluding hydrogens is 580 g/mol. The number of likely N-dealkylation sites (N-methyl/N-ethyl adjacent to an activating group) is 2. The number of piperazine rings is 1. The van der Waals surface area contributed by atoms with Gasteiger partial charge in [-0.3, -0.25) is 33.7 Å². The van der Waals surface area contributed by atoms with E-state index in [0.29, 0.717) is 35.3 Å². The number of rotatable bonds is 4. The van der Waals surface area contributed by atoms with E-state index in [1.807, 2.05) is 7.05 Å². The molecule has 1 heterocycles. The summed E-state index contributed by atoms with van der Waals surface area (Å²) in [6, 6.07) is 8.88. The standard InChI is InChI=1S/C33H36N4O8/c1-35(2)26-21-15-18-14-20-19(16-5-4-6-17(13-16)32(44)37-11-9-36(3)10-12-37)7-8-22(38)24(20)27(39)23(18)29(41)33(21,45)30(42)25(28(26)40)31(34)43/h4-8,13,18,21,23,25-26,38,45H,9-12,14-15H2,1-3H3,(H2,34,43)/t18-,21-,23?,25?,26-,33-/m0/s1. The van der Waals surface area contributed by atoms with Gasteiger partial charge in [0.2, 0.25) is 5.91 Å². The first-order chi connectivity index (χ1) is 21.3. The average molecular weight is 617 g/mol. The van der Waals surface area contributed by atoms with Crippen LogP contribution in [0.4, 0.5) is 0 Å². The van der Waals surface area contributed by atoms with Crippen molar-refractivity contribution in [1.29, 1.82) is 0 Å². The van der Waals surface area contributed by atoms with Gasteiger partial charge in [-0.2, -0.15) is 0 Å². The normalized spacial score (nSPS) is 30.2. The van der Waals surface area contributed by atoms with Crippen molar-refractivity contribution in [2.75, 3.05) is 47.3 Å². The first kappa shape index (κ1) is 30.8. The van der Waals surface area contributed by atoms with Crippen LogP contribution in [-0.2, 0) is 25.6 Å². The van der Waals surface area contributed by atoms with Crippen LogP contribution in [-0.4, -0.2) is 119 Å². The summed E-state index contributed by atoms with van der Waals surface area (Å²) in [5, 5.41) is 22.6. The van der Waals surface area contributed by atoms with Crippen LogP contribution in [0.1, 0.15) is 32.7 Å². The van der Waals surface area contributed by atoms with Crippen molar-refractivity contribution in [2.45, 2.75) is 24.5 Å². The molecule has 2 saturated carbocycles. The molecule has 45 heavy (non-hydrogen) atoms. The molecule has 236 valence electrons. The highest BCUT2D eigenvalue weighted by Gasteiger charge is 2.69. The van der Waals surface area contributed by atoms with Crippen molar-refractivity contribution >= 4 is 34.9 Å². The molecule has 0 aromatic heterocycles. The van der Waals surface area contributed by atoms with Gasteiger partial charge in [-0.15, -0.1) is 0 Å². The van der Waals surface area contributed by atoms with Crippen LogP contribution in [0.25, 0.3) is 11.1 Å². The number of ketones is 4. The Balaban J connectivity index is 1.40. The van der Waals surface area contributed by atoms with Crippen molar-refractivity contribution in [3.05, 3.63) is 53.1 Å². The van der Waals surface area contributed by atoms with Gasteiger partial charge in [0, 0.05) is 37.7 Å². The number of aliphatic hydroxyl groups is 1. The number of benzene rings is 2. The van der Waals surface area contributed by atoms with Crippen molar-refractivity contribution in [3.63, 3.8) is 0 Å². The molecule has 12 heteroatoms. The first-order valence-corrected chi connectivity index (χ1v) is 15.0. The van der Waals surface area contributed by atoms with Crippen LogP contribution in [0, 0.1) is 23.7 Å². The summed E-state index contributed by atoms with van der Waals surface area (Å²) in [6.07, 6.45) is 0.0904. The number of fused-ring (bicyclic) bond motifs is 3. The van der Waals surface area contributed by atoms with Crippen LogP contribution in [0.2, 0.25) is 0 Å². The third kappa shape index (κ3) is 4.62. The molecule has 3 aliphatic carbocycles. The lowest BCUT2D eigenvalue weighted by Crippen LogP contribution is -2.74. The van der Waals surface area contributed by atoms with Gasteiger partial charge in [0.05, 0.1) is 17.5 Å². The summed E-state index contributed by atoms with van der Waals surface area (Å²) in [5.41, 5.74) is 4.73. The largest absolute Gasteiger partial charge is 0.507 e. The van der Waals surface area contributed by atoms with Crippen LogP contribution < -0.4 is 5.73 Å².